The van der Waals surface area contributed by atoms with Gasteiger partial charge in [0.15, 0.2) is 0 Å². The number of hydrogen-bond donors (Lipinski definition) is 3. The van der Waals surface area contributed by atoms with E-state index in [2.05, 4.69) is 30.2 Å². The first-order chi connectivity index (χ1) is 23.7. The Labute approximate surface area is 280 Å². The van der Waals surface area contributed by atoms with Crippen LogP contribution in [0.5, 0.6) is 11.8 Å². The predicted octanol–water partition coefficient (Wildman–Crippen LogP) is 3.84. The van der Waals surface area contributed by atoms with Gasteiger partial charge in [0.25, 0.3) is 11.1 Å². The second-order valence-electron chi connectivity index (χ2n) is 12.9. The maximum Gasteiger partial charge on any atom is 0.261 e. The smallest absolute Gasteiger partial charge is 0.261 e. The highest BCUT2D eigenvalue weighted by atomic mass is 16.3. The summed E-state index contributed by atoms with van der Waals surface area (Å²) in [5, 5.41) is 32.7. The molecule has 0 atom stereocenters. The van der Waals surface area contributed by atoms with E-state index in [1.54, 1.807) is 12.1 Å². The molecule has 0 fully saturated rings. The summed E-state index contributed by atoms with van der Waals surface area (Å²) in [6.07, 6.45) is 1.34. The van der Waals surface area contributed by atoms with E-state index in [0.717, 1.165) is 51.9 Å². The van der Waals surface area contributed by atoms with Gasteiger partial charge in [-0.25, -0.2) is 20.0 Å². The van der Waals surface area contributed by atoms with Crippen molar-refractivity contribution < 1.29 is 10.2 Å². The molecular weight excluding hydrogens is 620 g/mol. The molecule has 248 valence electrons. The Morgan fingerprint density at radius 2 is 1.14 bits per heavy atom. The molecule has 3 N–H and O–H groups in total. The minimum atomic E-state index is -0.218. The van der Waals surface area contributed by atoms with Gasteiger partial charge in [0.1, 0.15) is 11.7 Å². The second-order valence-corrected chi connectivity index (χ2v) is 12.9. The minimum Gasteiger partial charge on any atom is -0.494 e. The number of fused-ring (bicyclic) bond motifs is 4. The number of likely N-dealkylation sites (N-methyl/N-ethyl adjacent to an activating group) is 1. The molecule has 0 saturated heterocycles. The molecule has 8 rings (SSSR count). The molecule has 6 aromatic rings. The fraction of sp³-hybridized carbons (Fsp3) is 0.297. The molecule has 0 spiro atoms. The lowest BCUT2D eigenvalue weighted by Crippen LogP contribution is -2.32. The van der Waals surface area contributed by atoms with Crippen LogP contribution in [-0.2, 0) is 13.1 Å². The maximum atomic E-state index is 13.5. The first kappa shape index (κ1) is 30.8. The summed E-state index contributed by atoms with van der Waals surface area (Å²) in [5.74, 6) is 1.22. The molecule has 4 aromatic carbocycles. The quantitative estimate of drug-likeness (QED) is 0.181. The zero-order chi connectivity index (χ0) is 34.0. The fourth-order valence-electron chi connectivity index (χ4n) is 7.30. The molecule has 4 heterocycles. The van der Waals surface area contributed by atoms with Crippen LogP contribution in [0.4, 0.5) is 11.4 Å². The van der Waals surface area contributed by atoms with Crippen molar-refractivity contribution in [3.05, 3.63) is 80.0 Å². The van der Waals surface area contributed by atoms with Gasteiger partial charge in [-0.1, -0.05) is 24.3 Å². The zero-order valence-electron chi connectivity index (χ0n) is 27.6. The normalized spacial score (nSPS) is 13.8. The summed E-state index contributed by atoms with van der Waals surface area (Å²) in [6.45, 7) is 7.35. The SMILES string of the molecule is CC1=Nc2cc3c(O)n(CCCNCCN(C)CCCn4c(O)c5cc6c(c7cccc(c4=O)c57)=NC(C)=N6)c(=O)c4cccc(c2=N1)c34. The predicted molar refractivity (Wildman–Crippen MR) is 193 cm³/mol. The van der Waals surface area contributed by atoms with Crippen molar-refractivity contribution in [1.29, 1.82) is 0 Å². The number of hydrogen-bond acceptors (Lipinski definition) is 10. The summed E-state index contributed by atoms with van der Waals surface area (Å²) in [6, 6.07) is 14.8. The number of aromatic nitrogens is 2. The Kier molecular flexibility index (Phi) is 7.49. The van der Waals surface area contributed by atoms with E-state index in [4.69, 9.17) is 0 Å². The zero-order valence-corrected chi connectivity index (χ0v) is 27.6. The Balaban J connectivity index is 0.873. The van der Waals surface area contributed by atoms with Crippen molar-refractivity contribution in [1.82, 2.24) is 19.4 Å². The van der Waals surface area contributed by atoms with Gasteiger partial charge in [-0.05, 0) is 71.1 Å². The number of pyridine rings is 2. The van der Waals surface area contributed by atoms with Gasteiger partial charge in [0, 0.05) is 69.3 Å². The van der Waals surface area contributed by atoms with Gasteiger partial charge in [-0.3, -0.25) is 18.7 Å². The van der Waals surface area contributed by atoms with Crippen LogP contribution in [-0.4, -0.2) is 69.1 Å². The molecule has 2 aliphatic rings. The molecule has 0 unspecified atom stereocenters. The number of nitrogens with one attached hydrogen (secondary N) is 1. The van der Waals surface area contributed by atoms with Crippen molar-refractivity contribution >= 4 is 66.1 Å². The number of aromatic hydroxyl groups is 2. The minimum absolute atomic E-state index is 0.0424. The van der Waals surface area contributed by atoms with Crippen LogP contribution >= 0.6 is 0 Å². The van der Waals surface area contributed by atoms with Crippen LogP contribution < -0.4 is 27.1 Å². The lowest BCUT2D eigenvalue weighted by Gasteiger charge is -2.19. The molecule has 12 nitrogen and oxygen atoms in total. The van der Waals surface area contributed by atoms with Crippen molar-refractivity contribution in [2.24, 2.45) is 20.0 Å². The molecule has 0 aliphatic carbocycles. The highest BCUT2D eigenvalue weighted by Gasteiger charge is 2.21. The first-order valence-electron chi connectivity index (χ1n) is 16.6. The standard InChI is InChI=1S/C37H36N8O4/c1-20-39-28-18-26-30-22(32(28)41-20)8-4-10-24(30)34(46)44(36(26)48)15-6-12-38-13-17-43(3)14-7-16-45-35(47)25-11-5-9-23-31(25)27(37(45)49)19-29-33(23)42-21(2)40-29/h4-5,8-11,18-19,38,48-49H,6-7,12-17H2,1-3H3. The van der Waals surface area contributed by atoms with Gasteiger partial charge in [-0.2, -0.15) is 0 Å². The van der Waals surface area contributed by atoms with E-state index in [1.807, 2.05) is 57.3 Å². The molecule has 0 bridgehead atoms. The number of benzene rings is 4. The van der Waals surface area contributed by atoms with Crippen LogP contribution in [0, 0.1) is 0 Å². The van der Waals surface area contributed by atoms with Crippen LogP contribution in [0.3, 0.4) is 0 Å². The van der Waals surface area contributed by atoms with Crippen molar-refractivity contribution in [3.8, 4) is 11.8 Å². The molecule has 2 aliphatic heterocycles. The molecule has 0 saturated carbocycles. The molecule has 49 heavy (non-hydrogen) atoms. The van der Waals surface area contributed by atoms with E-state index in [9.17, 15) is 19.8 Å². The molecular formula is C37H36N8O4. The number of nitrogens with zero attached hydrogens (tertiary/aromatic N) is 7. The van der Waals surface area contributed by atoms with Crippen LogP contribution in [0.15, 0.2) is 78.1 Å². The average Bonchev–Trinajstić information content (AvgIpc) is 3.67. The fourth-order valence-corrected chi connectivity index (χ4v) is 7.30. The monoisotopic (exact) mass is 656 g/mol. The summed E-state index contributed by atoms with van der Waals surface area (Å²) < 4.78 is 2.91. The van der Waals surface area contributed by atoms with Gasteiger partial charge >= 0.3 is 0 Å². The van der Waals surface area contributed by atoms with Crippen molar-refractivity contribution in [2.75, 3.05) is 33.2 Å². The van der Waals surface area contributed by atoms with E-state index < -0.39 is 0 Å². The highest BCUT2D eigenvalue weighted by Crippen LogP contribution is 2.34. The van der Waals surface area contributed by atoms with Crippen LogP contribution in [0.1, 0.15) is 26.7 Å². The number of rotatable bonds is 11. The first-order valence-corrected chi connectivity index (χ1v) is 16.6. The topological polar surface area (TPSA) is 149 Å². The maximum absolute atomic E-state index is 13.5. The molecule has 0 amide bonds. The largest absolute Gasteiger partial charge is 0.494 e. The third kappa shape index (κ3) is 5.06. The Hall–Kier alpha value is -5.46. The molecule has 12 heteroatoms. The summed E-state index contributed by atoms with van der Waals surface area (Å²) in [7, 11) is 2.03. The molecule has 2 aromatic heterocycles. The number of amidine groups is 2. The lowest BCUT2D eigenvalue weighted by molar-refractivity contribution is 0.312. The summed E-state index contributed by atoms with van der Waals surface area (Å²) in [4.78, 5) is 47.1. The highest BCUT2D eigenvalue weighted by molar-refractivity contribution is 6.14. The van der Waals surface area contributed by atoms with E-state index in [0.29, 0.717) is 77.1 Å². The average molecular weight is 657 g/mol. The van der Waals surface area contributed by atoms with Gasteiger partial charge in [0.2, 0.25) is 11.8 Å². The van der Waals surface area contributed by atoms with E-state index >= 15 is 0 Å². The van der Waals surface area contributed by atoms with Crippen molar-refractivity contribution in [2.45, 2.75) is 39.8 Å². The summed E-state index contributed by atoms with van der Waals surface area (Å²) >= 11 is 0. The van der Waals surface area contributed by atoms with Gasteiger partial charge < -0.3 is 20.4 Å². The van der Waals surface area contributed by atoms with Crippen molar-refractivity contribution in [3.63, 3.8) is 0 Å². The Morgan fingerprint density at radius 3 is 1.67 bits per heavy atom. The molecule has 0 radical (unpaired) electrons. The Bertz CT molecular complexity index is 2660. The van der Waals surface area contributed by atoms with Crippen LogP contribution in [0.25, 0.3) is 43.1 Å². The van der Waals surface area contributed by atoms with E-state index in [-0.39, 0.29) is 22.9 Å². The third-order valence-corrected chi connectivity index (χ3v) is 9.61. The number of aliphatic imine (C=N–C) groups is 2. The van der Waals surface area contributed by atoms with Gasteiger partial charge in [0.05, 0.1) is 22.1 Å². The van der Waals surface area contributed by atoms with Gasteiger partial charge in [-0.15, -0.1) is 0 Å². The second kappa shape index (κ2) is 11.9. The summed E-state index contributed by atoms with van der Waals surface area (Å²) in [5.41, 5.74) is 0.975. The van der Waals surface area contributed by atoms with E-state index in [1.165, 1.54) is 9.13 Å². The third-order valence-electron chi connectivity index (χ3n) is 9.61. The Morgan fingerprint density at radius 1 is 0.653 bits per heavy atom. The van der Waals surface area contributed by atoms with Crippen LogP contribution in [0.2, 0.25) is 0 Å². The lowest BCUT2D eigenvalue weighted by atomic mass is 10.0.